The van der Waals surface area contributed by atoms with Crippen LogP contribution in [0.1, 0.15) is 15.9 Å². The number of primary amides is 1. The van der Waals surface area contributed by atoms with Crippen molar-refractivity contribution in [2.45, 2.75) is 6.92 Å². The van der Waals surface area contributed by atoms with Gasteiger partial charge in [0.2, 0.25) is 0 Å². The number of carbonyl (C=O) groups excluding carboxylic acids is 1. The topological polar surface area (TPSA) is 86.5 Å². The van der Waals surface area contributed by atoms with E-state index in [0.29, 0.717) is 0 Å². The lowest BCUT2D eigenvalue weighted by atomic mass is 10.1. The lowest BCUT2D eigenvalue weighted by Crippen LogP contribution is -2.15. The molecule has 0 spiro atoms. The minimum atomic E-state index is -3.66. The van der Waals surface area contributed by atoms with Crippen molar-refractivity contribution in [1.29, 1.82) is 0 Å². The Morgan fingerprint density at radius 1 is 1.40 bits per heavy atom. The lowest BCUT2D eigenvalue weighted by molar-refractivity contribution is 0.0999. The van der Waals surface area contributed by atoms with Gasteiger partial charge in [-0.1, -0.05) is 6.07 Å². The summed E-state index contributed by atoms with van der Waals surface area (Å²) in [6, 6.07) is 4.52. The second-order valence-corrected chi connectivity index (χ2v) is 4.73. The fraction of sp³-hybridized carbons (Fsp3) is 0.222. The van der Waals surface area contributed by atoms with Crippen LogP contribution in [0.25, 0.3) is 0 Å². The summed E-state index contributed by atoms with van der Waals surface area (Å²) in [7, 11) is -3.66. The molecular formula is C9H11NO4S. The third-order valence-electron chi connectivity index (χ3n) is 1.64. The van der Waals surface area contributed by atoms with E-state index in [4.69, 9.17) is 5.73 Å². The number of amides is 1. The minimum Gasteiger partial charge on any atom is -0.382 e. The summed E-state index contributed by atoms with van der Waals surface area (Å²) in [5.74, 6) is -0.765. The average Bonchev–Trinajstić information content (AvgIpc) is 1.99. The molecule has 0 aliphatic heterocycles. The Kier molecular flexibility index (Phi) is 2.99. The first-order valence-corrected chi connectivity index (χ1v) is 5.91. The number of benzene rings is 1. The molecule has 0 heterocycles. The summed E-state index contributed by atoms with van der Waals surface area (Å²) in [4.78, 5) is 11.0. The SMILES string of the molecule is Cc1ccc(C(N)=O)c(OS(C)(=O)=O)c1. The maximum Gasteiger partial charge on any atom is 0.306 e. The zero-order valence-corrected chi connectivity index (χ0v) is 9.17. The standard InChI is InChI=1S/C9H11NO4S/c1-6-3-4-7(9(10)11)8(5-6)14-15(2,12)13/h3-5H,1-2H3,(H2,10,11). The molecule has 5 nitrogen and oxygen atoms in total. The van der Waals surface area contributed by atoms with Gasteiger partial charge in [-0.3, -0.25) is 4.79 Å². The first-order chi connectivity index (χ1) is 6.79. The van der Waals surface area contributed by atoms with Crippen LogP contribution in [0.15, 0.2) is 18.2 Å². The highest BCUT2D eigenvalue weighted by Crippen LogP contribution is 2.21. The highest BCUT2D eigenvalue weighted by Gasteiger charge is 2.13. The van der Waals surface area contributed by atoms with Crippen LogP contribution in [-0.2, 0) is 10.1 Å². The molecule has 0 fully saturated rings. The summed E-state index contributed by atoms with van der Waals surface area (Å²) in [5.41, 5.74) is 5.89. The molecular weight excluding hydrogens is 218 g/mol. The highest BCUT2D eigenvalue weighted by molar-refractivity contribution is 7.86. The van der Waals surface area contributed by atoms with Gasteiger partial charge in [0.15, 0.2) is 5.75 Å². The molecule has 0 bridgehead atoms. The molecule has 0 atom stereocenters. The molecule has 1 rings (SSSR count). The van der Waals surface area contributed by atoms with E-state index in [-0.39, 0.29) is 11.3 Å². The molecule has 0 aliphatic rings. The van der Waals surface area contributed by atoms with E-state index in [1.807, 2.05) is 0 Å². The van der Waals surface area contributed by atoms with Crippen molar-refractivity contribution in [1.82, 2.24) is 0 Å². The van der Waals surface area contributed by atoms with Gasteiger partial charge in [-0.15, -0.1) is 0 Å². The van der Waals surface area contributed by atoms with Gasteiger partial charge >= 0.3 is 10.1 Å². The molecule has 1 aromatic rings. The van der Waals surface area contributed by atoms with E-state index in [0.717, 1.165) is 11.8 Å². The summed E-state index contributed by atoms with van der Waals surface area (Å²) < 4.78 is 26.5. The van der Waals surface area contributed by atoms with E-state index in [9.17, 15) is 13.2 Å². The summed E-state index contributed by atoms with van der Waals surface area (Å²) in [6.07, 6.45) is 0.903. The van der Waals surface area contributed by atoms with Crippen LogP contribution in [-0.4, -0.2) is 20.6 Å². The summed E-state index contributed by atoms with van der Waals surface area (Å²) in [5, 5.41) is 0. The summed E-state index contributed by atoms with van der Waals surface area (Å²) in [6.45, 7) is 1.75. The van der Waals surface area contributed by atoms with Gasteiger partial charge < -0.3 is 9.92 Å². The molecule has 0 aromatic heterocycles. The van der Waals surface area contributed by atoms with Crippen LogP contribution in [0.2, 0.25) is 0 Å². The Balaban J connectivity index is 3.25. The quantitative estimate of drug-likeness (QED) is 0.761. The van der Waals surface area contributed by atoms with E-state index in [2.05, 4.69) is 4.18 Å². The second-order valence-electron chi connectivity index (χ2n) is 3.15. The van der Waals surface area contributed by atoms with Crippen molar-refractivity contribution < 1.29 is 17.4 Å². The van der Waals surface area contributed by atoms with Gasteiger partial charge in [-0.25, -0.2) is 0 Å². The number of aryl methyl sites for hydroxylation is 1. The summed E-state index contributed by atoms with van der Waals surface area (Å²) >= 11 is 0. The minimum absolute atomic E-state index is 0.0370. The second kappa shape index (κ2) is 3.90. The maximum atomic E-state index is 11.0. The first-order valence-electron chi connectivity index (χ1n) is 4.09. The van der Waals surface area contributed by atoms with Crippen LogP contribution in [0, 0.1) is 6.92 Å². The van der Waals surface area contributed by atoms with Crippen molar-refractivity contribution in [3.63, 3.8) is 0 Å². The number of hydrogen-bond acceptors (Lipinski definition) is 4. The first kappa shape index (κ1) is 11.5. The monoisotopic (exact) mass is 229 g/mol. The number of rotatable bonds is 3. The Hall–Kier alpha value is -1.56. The van der Waals surface area contributed by atoms with Gasteiger partial charge in [0, 0.05) is 0 Å². The van der Waals surface area contributed by atoms with E-state index in [1.165, 1.54) is 12.1 Å². The molecule has 0 unspecified atom stereocenters. The lowest BCUT2D eigenvalue weighted by Gasteiger charge is -2.07. The van der Waals surface area contributed by atoms with Crippen molar-refractivity contribution in [3.8, 4) is 5.75 Å². The molecule has 0 saturated carbocycles. The maximum absolute atomic E-state index is 11.0. The number of hydrogen-bond donors (Lipinski definition) is 1. The Morgan fingerprint density at radius 2 is 2.00 bits per heavy atom. The Labute approximate surface area is 88.0 Å². The van der Waals surface area contributed by atoms with Gasteiger partial charge in [0.25, 0.3) is 5.91 Å². The van der Waals surface area contributed by atoms with E-state index >= 15 is 0 Å². The predicted molar refractivity (Wildman–Crippen MR) is 55.2 cm³/mol. The fourth-order valence-electron chi connectivity index (χ4n) is 1.07. The largest absolute Gasteiger partial charge is 0.382 e. The van der Waals surface area contributed by atoms with Crippen LogP contribution < -0.4 is 9.92 Å². The predicted octanol–water partition coefficient (Wildman–Crippen LogP) is 0.432. The average molecular weight is 229 g/mol. The number of carbonyl (C=O) groups is 1. The van der Waals surface area contributed by atoms with Crippen molar-refractivity contribution in [3.05, 3.63) is 29.3 Å². The zero-order valence-electron chi connectivity index (χ0n) is 8.35. The Bertz CT molecular complexity index is 493. The van der Waals surface area contributed by atoms with Gasteiger partial charge in [-0.2, -0.15) is 8.42 Å². The van der Waals surface area contributed by atoms with Gasteiger partial charge in [0.05, 0.1) is 11.8 Å². The molecule has 0 radical (unpaired) electrons. The highest BCUT2D eigenvalue weighted by atomic mass is 32.2. The molecule has 2 N–H and O–H groups in total. The normalized spacial score (nSPS) is 11.1. The van der Waals surface area contributed by atoms with Crippen molar-refractivity contribution in [2.75, 3.05) is 6.26 Å². The molecule has 15 heavy (non-hydrogen) atoms. The third kappa shape index (κ3) is 3.25. The molecule has 6 heteroatoms. The molecule has 1 amide bonds. The third-order valence-corrected chi connectivity index (χ3v) is 2.13. The zero-order chi connectivity index (χ0) is 11.6. The molecule has 1 aromatic carbocycles. The Morgan fingerprint density at radius 3 is 2.47 bits per heavy atom. The molecule has 0 saturated heterocycles. The smallest absolute Gasteiger partial charge is 0.306 e. The van der Waals surface area contributed by atoms with Crippen LogP contribution >= 0.6 is 0 Å². The van der Waals surface area contributed by atoms with Crippen LogP contribution in [0.5, 0.6) is 5.75 Å². The van der Waals surface area contributed by atoms with Crippen LogP contribution in [0.4, 0.5) is 0 Å². The van der Waals surface area contributed by atoms with Gasteiger partial charge in [0.1, 0.15) is 0 Å². The fourth-order valence-corrected chi connectivity index (χ4v) is 1.53. The van der Waals surface area contributed by atoms with E-state index < -0.39 is 16.0 Å². The molecule has 0 aliphatic carbocycles. The van der Waals surface area contributed by atoms with Crippen molar-refractivity contribution >= 4 is 16.0 Å². The molecule has 82 valence electrons. The van der Waals surface area contributed by atoms with Crippen molar-refractivity contribution in [2.24, 2.45) is 5.73 Å². The van der Waals surface area contributed by atoms with Crippen LogP contribution in [0.3, 0.4) is 0 Å². The van der Waals surface area contributed by atoms with E-state index in [1.54, 1.807) is 13.0 Å². The van der Waals surface area contributed by atoms with Gasteiger partial charge in [-0.05, 0) is 24.6 Å². The number of nitrogens with two attached hydrogens (primary N) is 1.